The lowest BCUT2D eigenvalue weighted by atomic mass is 9.95. The third kappa shape index (κ3) is 2.85. The van der Waals surface area contributed by atoms with E-state index in [2.05, 4.69) is 4.98 Å². The zero-order valence-corrected chi connectivity index (χ0v) is 14.8. The fourth-order valence-corrected chi connectivity index (χ4v) is 2.63. The largest absolute Gasteiger partial charge is 0.502 e. The molecule has 0 saturated heterocycles. The summed E-state index contributed by atoms with van der Waals surface area (Å²) >= 11 is 6.10. The van der Waals surface area contributed by atoms with Crippen LogP contribution < -0.4 is 14.2 Å². The first-order valence-electron chi connectivity index (χ1n) is 7.05. The fraction of sp³-hybridized carbons (Fsp3) is 0.294. The number of benzene rings is 1. The minimum atomic E-state index is -0.411. The summed E-state index contributed by atoms with van der Waals surface area (Å²) in [6.07, 6.45) is 1.42. The van der Waals surface area contributed by atoms with E-state index in [4.69, 9.17) is 25.8 Å². The van der Waals surface area contributed by atoms with Crippen molar-refractivity contribution >= 4 is 17.4 Å². The smallest absolute Gasteiger partial charge is 0.224 e. The number of methoxy groups -OCH3 is 3. The van der Waals surface area contributed by atoms with Crippen LogP contribution in [0.4, 0.5) is 0 Å². The molecule has 0 saturated carbocycles. The van der Waals surface area contributed by atoms with Crippen molar-refractivity contribution in [3.63, 3.8) is 0 Å². The van der Waals surface area contributed by atoms with Crippen LogP contribution in [0.1, 0.15) is 27.0 Å². The Balaban J connectivity index is 2.77. The number of ether oxygens (including phenoxy) is 3. The minimum Gasteiger partial charge on any atom is -0.502 e. The first-order valence-corrected chi connectivity index (χ1v) is 7.43. The molecule has 1 aromatic carbocycles. The Morgan fingerprint density at radius 1 is 1.12 bits per heavy atom. The van der Waals surface area contributed by atoms with Crippen LogP contribution in [0.3, 0.4) is 0 Å². The van der Waals surface area contributed by atoms with Crippen LogP contribution in [0.15, 0.2) is 12.3 Å². The number of aromatic hydroxyl groups is 1. The van der Waals surface area contributed by atoms with E-state index >= 15 is 0 Å². The van der Waals surface area contributed by atoms with Gasteiger partial charge in [-0.25, -0.2) is 4.98 Å². The van der Waals surface area contributed by atoms with Gasteiger partial charge in [-0.2, -0.15) is 0 Å². The molecule has 0 fully saturated rings. The van der Waals surface area contributed by atoms with E-state index in [0.29, 0.717) is 16.1 Å². The SMILES string of the molecule is COc1cc(C)c(C(=O)c2c(OC)ncc(Cl)c2C)c(OC)c1O. The second-order valence-corrected chi connectivity index (χ2v) is 5.50. The lowest BCUT2D eigenvalue weighted by molar-refractivity contribution is 0.103. The number of hydrogen-bond acceptors (Lipinski definition) is 6. The van der Waals surface area contributed by atoms with Crippen LogP contribution in [0.5, 0.6) is 23.1 Å². The van der Waals surface area contributed by atoms with E-state index in [0.717, 1.165) is 0 Å². The summed E-state index contributed by atoms with van der Waals surface area (Å²) in [6.45, 7) is 3.42. The van der Waals surface area contributed by atoms with E-state index < -0.39 is 5.78 Å². The van der Waals surface area contributed by atoms with E-state index in [1.807, 2.05) is 0 Å². The second-order valence-electron chi connectivity index (χ2n) is 5.10. The van der Waals surface area contributed by atoms with Gasteiger partial charge in [0.15, 0.2) is 11.5 Å². The molecule has 2 aromatic rings. The number of ketones is 1. The number of hydrogen-bond donors (Lipinski definition) is 1. The molecule has 0 amide bonds. The molecule has 0 spiro atoms. The lowest BCUT2D eigenvalue weighted by Crippen LogP contribution is -2.11. The summed E-state index contributed by atoms with van der Waals surface area (Å²) in [7, 11) is 4.20. The highest BCUT2D eigenvalue weighted by Crippen LogP contribution is 2.42. The molecule has 6 nitrogen and oxygen atoms in total. The first-order chi connectivity index (χ1) is 11.4. The van der Waals surface area contributed by atoms with Crippen molar-refractivity contribution in [2.45, 2.75) is 13.8 Å². The molecule has 0 bridgehead atoms. The highest BCUT2D eigenvalue weighted by Gasteiger charge is 2.28. The van der Waals surface area contributed by atoms with Crippen molar-refractivity contribution in [2.24, 2.45) is 0 Å². The Morgan fingerprint density at radius 2 is 1.79 bits per heavy atom. The van der Waals surface area contributed by atoms with Gasteiger partial charge in [0.05, 0.1) is 37.5 Å². The van der Waals surface area contributed by atoms with E-state index in [-0.39, 0.29) is 34.3 Å². The first kappa shape index (κ1) is 17.9. The van der Waals surface area contributed by atoms with Gasteiger partial charge in [-0.1, -0.05) is 11.6 Å². The Hall–Kier alpha value is -2.47. The fourth-order valence-electron chi connectivity index (χ4n) is 2.49. The van der Waals surface area contributed by atoms with Gasteiger partial charge in [0.1, 0.15) is 0 Å². The van der Waals surface area contributed by atoms with E-state index in [1.54, 1.807) is 19.9 Å². The maximum absolute atomic E-state index is 13.1. The maximum Gasteiger partial charge on any atom is 0.224 e. The van der Waals surface area contributed by atoms with Crippen LogP contribution in [-0.2, 0) is 0 Å². The monoisotopic (exact) mass is 351 g/mol. The van der Waals surface area contributed by atoms with Crippen LogP contribution in [0.2, 0.25) is 5.02 Å². The molecule has 2 rings (SSSR count). The number of nitrogens with zero attached hydrogens (tertiary/aromatic N) is 1. The number of halogens is 1. The molecule has 24 heavy (non-hydrogen) atoms. The van der Waals surface area contributed by atoms with Crippen LogP contribution in [0.25, 0.3) is 0 Å². The average Bonchev–Trinajstić information content (AvgIpc) is 2.57. The van der Waals surface area contributed by atoms with Crippen molar-refractivity contribution in [1.82, 2.24) is 4.98 Å². The average molecular weight is 352 g/mol. The zero-order chi connectivity index (χ0) is 18.0. The molecule has 0 atom stereocenters. The molecular formula is C17H18ClNO5. The quantitative estimate of drug-likeness (QED) is 0.833. The second kappa shape index (κ2) is 6.97. The molecule has 1 aromatic heterocycles. The third-order valence-electron chi connectivity index (χ3n) is 3.73. The molecule has 0 aliphatic carbocycles. The summed E-state index contributed by atoms with van der Waals surface area (Å²) in [5, 5.41) is 10.6. The minimum absolute atomic E-state index is 0.0262. The topological polar surface area (TPSA) is 77.9 Å². The van der Waals surface area contributed by atoms with Gasteiger partial charge in [0.25, 0.3) is 0 Å². The number of aromatic nitrogens is 1. The van der Waals surface area contributed by atoms with Crippen molar-refractivity contribution in [3.05, 3.63) is 39.5 Å². The van der Waals surface area contributed by atoms with Gasteiger partial charge in [-0.3, -0.25) is 4.79 Å². The number of pyridine rings is 1. The number of carbonyl (C=O) groups is 1. The van der Waals surface area contributed by atoms with Crippen molar-refractivity contribution < 1.29 is 24.1 Å². The molecule has 0 unspecified atom stereocenters. The molecule has 128 valence electrons. The Labute approximate surface area is 144 Å². The molecule has 0 aliphatic rings. The van der Waals surface area contributed by atoms with Gasteiger partial charge in [0.2, 0.25) is 17.4 Å². The Morgan fingerprint density at radius 3 is 2.33 bits per heavy atom. The van der Waals surface area contributed by atoms with Crippen LogP contribution in [-0.4, -0.2) is 37.2 Å². The number of carbonyl (C=O) groups excluding carboxylic acids is 1. The lowest BCUT2D eigenvalue weighted by Gasteiger charge is -2.17. The van der Waals surface area contributed by atoms with Crippen LogP contribution in [0, 0.1) is 13.8 Å². The highest BCUT2D eigenvalue weighted by molar-refractivity contribution is 6.32. The summed E-state index contributed by atoms with van der Waals surface area (Å²) in [6, 6.07) is 1.56. The summed E-state index contributed by atoms with van der Waals surface area (Å²) in [4.78, 5) is 17.2. The molecule has 1 N–H and O–H groups in total. The molecular weight excluding hydrogens is 334 g/mol. The Bertz CT molecular complexity index is 804. The maximum atomic E-state index is 13.1. The molecule has 0 radical (unpaired) electrons. The molecule has 0 aliphatic heterocycles. The van der Waals surface area contributed by atoms with Gasteiger partial charge in [-0.15, -0.1) is 0 Å². The van der Waals surface area contributed by atoms with Gasteiger partial charge in [-0.05, 0) is 31.0 Å². The Kier molecular flexibility index (Phi) is 5.19. The number of phenolic OH excluding ortho intramolecular Hbond substituents is 1. The van der Waals surface area contributed by atoms with Gasteiger partial charge < -0.3 is 19.3 Å². The standard InChI is InChI=1S/C17H18ClNO5/c1-8-6-11(22-3)14(20)16(23-4)12(8)15(21)13-9(2)10(18)7-19-17(13)24-5/h6-7,20H,1-5H3. The van der Waals surface area contributed by atoms with Crippen LogP contribution >= 0.6 is 11.6 Å². The van der Waals surface area contributed by atoms with Crippen molar-refractivity contribution in [2.75, 3.05) is 21.3 Å². The van der Waals surface area contributed by atoms with Crippen molar-refractivity contribution in [1.29, 1.82) is 0 Å². The summed E-state index contributed by atoms with van der Waals surface area (Å²) in [5.41, 5.74) is 1.52. The van der Waals surface area contributed by atoms with Gasteiger partial charge in [0, 0.05) is 6.20 Å². The normalized spacial score (nSPS) is 10.4. The number of aryl methyl sites for hydroxylation is 1. The van der Waals surface area contributed by atoms with Crippen molar-refractivity contribution in [3.8, 4) is 23.1 Å². The van der Waals surface area contributed by atoms with Gasteiger partial charge >= 0.3 is 0 Å². The highest BCUT2D eigenvalue weighted by atomic mass is 35.5. The predicted octanol–water partition coefficient (Wildman–Crippen LogP) is 3.31. The zero-order valence-electron chi connectivity index (χ0n) is 14.1. The van der Waals surface area contributed by atoms with E-state index in [1.165, 1.54) is 27.5 Å². The predicted molar refractivity (Wildman–Crippen MR) is 89.9 cm³/mol. The van der Waals surface area contributed by atoms with E-state index in [9.17, 15) is 9.90 Å². The molecule has 7 heteroatoms. The summed E-state index contributed by atoms with van der Waals surface area (Å²) < 4.78 is 15.5. The third-order valence-corrected chi connectivity index (χ3v) is 4.11. The molecule has 1 heterocycles. The number of phenols is 1. The summed E-state index contributed by atoms with van der Waals surface area (Å²) in [5.74, 6) is -0.266. The number of rotatable bonds is 5.